The molecule has 2 fully saturated rings. The number of rotatable bonds is 21. The quantitative estimate of drug-likeness (QED) is 0.0878. The zero-order valence-corrected chi connectivity index (χ0v) is 38.0. The Labute approximate surface area is 364 Å². The first-order valence-corrected chi connectivity index (χ1v) is 21.1. The molecule has 0 bridgehead atoms. The summed E-state index contributed by atoms with van der Waals surface area (Å²) in [5.41, 5.74) is 6.79. The summed E-state index contributed by atoms with van der Waals surface area (Å²) in [6.07, 6.45) is -3.86. The van der Waals surface area contributed by atoms with Crippen molar-refractivity contribution < 1.29 is 67.0 Å². The lowest BCUT2D eigenvalue weighted by Crippen LogP contribution is -2.56. The van der Waals surface area contributed by atoms with E-state index in [1.54, 1.807) is 72.7 Å². The number of aliphatic carboxylic acids is 1. The van der Waals surface area contributed by atoms with Crippen molar-refractivity contribution in [1.29, 1.82) is 0 Å². The van der Waals surface area contributed by atoms with Gasteiger partial charge < -0.3 is 59.5 Å². The summed E-state index contributed by atoms with van der Waals surface area (Å²) >= 11 is 0. The Morgan fingerprint density at radius 1 is 0.726 bits per heavy atom. The van der Waals surface area contributed by atoms with E-state index in [2.05, 4.69) is 21.3 Å². The Balaban J connectivity index is 1.77. The lowest BCUT2D eigenvalue weighted by atomic mass is 10.0. The molecule has 2 aliphatic rings. The molecule has 62 heavy (non-hydrogen) atoms. The van der Waals surface area contributed by atoms with Gasteiger partial charge in [-0.15, -0.1) is 0 Å². The number of amides is 4. The topological polar surface area (TPSA) is 259 Å². The number of carboxylic acid groups (broad SMARTS) is 1. The number of nitrogens with one attached hydrogen (secondary N) is 5. The summed E-state index contributed by atoms with van der Waals surface area (Å²) in [5.74, 6) is -5.77. The number of esters is 1. The normalized spacial score (nSPS) is 22.1. The number of carbonyl (C=O) groups excluding carboxylic acids is 5. The van der Waals surface area contributed by atoms with E-state index in [9.17, 15) is 33.9 Å². The number of alkyl carbamates (subject to hydrolysis) is 1. The molecule has 3 rings (SSSR count). The molecule has 7 atom stereocenters. The summed E-state index contributed by atoms with van der Waals surface area (Å²) < 4.78 is 39.6. The zero-order chi connectivity index (χ0) is 46.6. The van der Waals surface area contributed by atoms with Crippen molar-refractivity contribution in [2.45, 2.75) is 180 Å². The van der Waals surface area contributed by atoms with Gasteiger partial charge in [0.15, 0.2) is 23.8 Å². The standard InChI is InChI=1S/C43H68N5O14/c1-40(2,3)57-26-20-18-25(19-21-26)24-29(35(50)46-28(38(54)56-11)17-12-14-22-44)47-34(49)27(48-39(55)62-41(4,5)6)16-13-15-23-45-36(51)32-30(58-42(7,8)60-32)31-33(37(52)53)61-43(9,10)59-31/h18-21,27-33,44H,12-17,22-24H2,1-11H3,(H,45,51)(H,46,50)(H,47,49)(H,48,55)(H,52,53)/t27-,28-,29?,30?,31?,32?,33?/m0/s1. The monoisotopic (exact) mass is 878 g/mol. The molecule has 2 aliphatic heterocycles. The average molecular weight is 879 g/mol. The Bertz CT molecular complexity index is 1690. The zero-order valence-electron chi connectivity index (χ0n) is 38.0. The predicted molar refractivity (Wildman–Crippen MR) is 224 cm³/mol. The van der Waals surface area contributed by atoms with Crippen LogP contribution in [0.5, 0.6) is 5.75 Å². The second-order valence-electron chi connectivity index (χ2n) is 18.3. The van der Waals surface area contributed by atoms with Gasteiger partial charge in [-0.05, 0) is 125 Å². The van der Waals surface area contributed by atoms with Gasteiger partial charge in [-0.25, -0.2) is 14.4 Å². The van der Waals surface area contributed by atoms with Crippen LogP contribution in [0.4, 0.5) is 4.79 Å². The maximum Gasteiger partial charge on any atom is 0.408 e. The van der Waals surface area contributed by atoms with Crippen molar-refractivity contribution in [2.24, 2.45) is 0 Å². The van der Waals surface area contributed by atoms with E-state index in [0.717, 1.165) is 0 Å². The Morgan fingerprint density at radius 3 is 1.81 bits per heavy atom. The number of ether oxygens (including phenoxy) is 7. The Kier molecular flexibility index (Phi) is 18.5. The highest BCUT2D eigenvalue weighted by molar-refractivity contribution is 5.93. The van der Waals surface area contributed by atoms with Crippen LogP contribution in [0.3, 0.4) is 0 Å². The molecule has 1 aromatic rings. The number of methoxy groups -OCH3 is 1. The van der Waals surface area contributed by atoms with E-state index in [1.165, 1.54) is 7.11 Å². The number of unbranched alkanes of at least 4 members (excludes halogenated alkanes) is 2. The van der Waals surface area contributed by atoms with Crippen LogP contribution < -0.4 is 31.7 Å². The summed E-state index contributed by atoms with van der Waals surface area (Å²) in [5, 5.41) is 20.7. The molecule has 0 aromatic heterocycles. The third-order valence-electron chi connectivity index (χ3n) is 9.45. The maximum atomic E-state index is 14.1. The average Bonchev–Trinajstić information content (AvgIpc) is 3.66. The van der Waals surface area contributed by atoms with Crippen LogP contribution in [0.1, 0.15) is 113 Å². The molecule has 6 N–H and O–H groups in total. The summed E-state index contributed by atoms with van der Waals surface area (Å²) in [7, 11) is 1.21. The van der Waals surface area contributed by atoms with Crippen LogP contribution in [0, 0.1) is 0 Å². The molecule has 2 saturated heterocycles. The van der Waals surface area contributed by atoms with E-state index >= 15 is 0 Å². The minimum atomic E-state index is -1.41. The fourth-order valence-electron chi connectivity index (χ4n) is 6.86. The molecule has 2 heterocycles. The molecule has 349 valence electrons. The summed E-state index contributed by atoms with van der Waals surface area (Å²) in [6.45, 7) is 17.3. The van der Waals surface area contributed by atoms with Crippen molar-refractivity contribution in [3.63, 3.8) is 0 Å². The smallest absolute Gasteiger partial charge is 0.408 e. The van der Waals surface area contributed by atoms with Crippen molar-refractivity contribution in [2.75, 3.05) is 20.2 Å². The molecule has 19 nitrogen and oxygen atoms in total. The van der Waals surface area contributed by atoms with Crippen LogP contribution >= 0.6 is 0 Å². The van der Waals surface area contributed by atoms with E-state index in [0.29, 0.717) is 37.0 Å². The van der Waals surface area contributed by atoms with Gasteiger partial charge in [0.2, 0.25) is 11.8 Å². The summed E-state index contributed by atoms with van der Waals surface area (Å²) in [6, 6.07) is 3.58. The molecule has 0 saturated carbocycles. The first kappa shape index (κ1) is 51.8. The van der Waals surface area contributed by atoms with Gasteiger partial charge in [-0.1, -0.05) is 12.1 Å². The van der Waals surface area contributed by atoms with Crippen molar-refractivity contribution in [1.82, 2.24) is 27.0 Å². The first-order chi connectivity index (χ1) is 28.7. The molecule has 5 unspecified atom stereocenters. The van der Waals surface area contributed by atoms with Crippen LogP contribution in [0.2, 0.25) is 0 Å². The molecule has 0 spiro atoms. The second kappa shape index (κ2) is 22.2. The maximum absolute atomic E-state index is 14.1. The van der Waals surface area contributed by atoms with E-state index in [1.807, 2.05) is 20.8 Å². The summed E-state index contributed by atoms with van der Waals surface area (Å²) in [4.78, 5) is 79.2. The van der Waals surface area contributed by atoms with Crippen LogP contribution in [-0.4, -0.2) is 126 Å². The largest absolute Gasteiger partial charge is 0.488 e. The minimum absolute atomic E-state index is 0.00660. The Morgan fingerprint density at radius 2 is 1.26 bits per heavy atom. The van der Waals surface area contributed by atoms with Crippen LogP contribution in [0.25, 0.3) is 0 Å². The molecule has 4 amide bonds. The molecule has 19 heteroatoms. The van der Waals surface area contributed by atoms with Crippen molar-refractivity contribution >= 4 is 35.8 Å². The number of hydrogen-bond acceptors (Lipinski definition) is 13. The highest BCUT2D eigenvalue weighted by Gasteiger charge is 2.57. The van der Waals surface area contributed by atoms with Gasteiger partial charge in [0, 0.05) is 19.5 Å². The SMILES string of the molecule is COC(=O)[C@H](CCCC[NH])NC(=O)C(Cc1ccc(OC(C)(C)C)cc1)NC(=O)[C@H](CCCCNC(=O)C1OC(C)(C)OC1C1OC(C)(C)OC1C(=O)O)NC(=O)OC(C)(C)C. The van der Waals surface area contributed by atoms with E-state index < -0.39 is 101 Å². The van der Waals surface area contributed by atoms with Gasteiger partial charge in [-0.2, -0.15) is 0 Å². The second-order valence-corrected chi connectivity index (χ2v) is 18.3. The molecular weight excluding hydrogens is 810 g/mol. The predicted octanol–water partition coefficient (Wildman–Crippen LogP) is 3.31. The lowest BCUT2D eigenvalue weighted by Gasteiger charge is -2.26. The van der Waals surface area contributed by atoms with Crippen molar-refractivity contribution in [3.05, 3.63) is 29.8 Å². The number of carbonyl (C=O) groups is 6. The van der Waals surface area contributed by atoms with Crippen molar-refractivity contribution in [3.8, 4) is 5.75 Å². The van der Waals surface area contributed by atoms with Gasteiger partial charge in [0.1, 0.15) is 47.3 Å². The molecular formula is C43H68N5O14. The number of hydrogen-bond donors (Lipinski definition) is 5. The van der Waals surface area contributed by atoms with Gasteiger partial charge in [0.25, 0.3) is 5.91 Å². The number of benzene rings is 1. The third-order valence-corrected chi connectivity index (χ3v) is 9.45. The lowest BCUT2D eigenvalue weighted by molar-refractivity contribution is -0.176. The van der Waals surface area contributed by atoms with Gasteiger partial charge >= 0.3 is 18.0 Å². The highest BCUT2D eigenvalue weighted by atomic mass is 16.8. The fourth-order valence-corrected chi connectivity index (χ4v) is 6.86. The van der Waals surface area contributed by atoms with E-state index in [-0.39, 0.29) is 32.4 Å². The Hall–Kier alpha value is -4.56. The fraction of sp³-hybridized carbons (Fsp3) is 0.721. The first-order valence-electron chi connectivity index (χ1n) is 21.1. The van der Waals surface area contributed by atoms with Crippen LogP contribution in [0.15, 0.2) is 24.3 Å². The molecule has 0 aliphatic carbocycles. The minimum Gasteiger partial charge on any atom is -0.488 e. The molecule has 1 aromatic carbocycles. The molecule has 1 radical (unpaired) electrons. The van der Waals surface area contributed by atoms with Gasteiger partial charge in [-0.3, -0.25) is 20.1 Å². The number of carboxylic acids is 1. The van der Waals surface area contributed by atoms with Crippen LogP contribution in [-0.2, 0) is 58.8 Å². The third kappa shape index (κ3) is 17.0. The van der Waals surface area contributed by atoms with Gasteiger partial charge in [0.05, 0.1) is 7.11 Å². The highest BCUT2D eigenvalue weighted by Crippen LogP contribution is 2.38. The van der Waals surface area contributed by atoms with E-state index in [4.69, 9.17) is 38.9 Å².